The van der Waals surface area contributed by atoms with Gasteiger partial charge in [0.1, 0.15) is 6.04 Å². The second kappa shape index (κ2) is 8.63. The molecule has 1 heterocycles. The highest BCUT2D eigenvalue weighted by Crippen LogP contribution is 2.37. The van der Waals surface area contributed by atoms with Crippen LogP contribution in [0.15, 0.2) is 12.2 Å². The average molecular weight is 348 g/mol. The van der Waals surface area contributed by atoms with E-state index in [0.717, 1.165) is 12.8 Å². The molecular formula is C20H32N2O3. The summed E-state index contributed by atoms with van der Waals surface area (Å²) in [6, 6.07) is -0.651. The van der Waals surface area contributed by atoms with E-state index >= 15 is 0 Å². The summed E-state index contributed by atoms with van der Waals surface area (Å²) in [6.45, 7) is 9.40. The lowest BCUT2D eigenvalue weighted by Gasteiger charge is -2.32. The van der Waals surface area contributed by atoms with Gasteiger partial charge in [0.25, 0.3) is 0 Å². The summed E-state index contributed by atoms with van der Waals surface area (Å²) < 4.78 is 0. The lowest BCUT2D eigenvalue weighted by atomic mass is 9.85. The monoisotopic (exact) mass is 348 g/mol. The third-order valence-electron chi connectivity index (χ3n) is 5.31. The number of imide groups is 1. The van der Waals surface area contributed by atoms with Gasteiger partial charge >= 0.3 is 0 Å². The Bertz CT molecular complexity index is 515. The molecule has 0 spiro atoms. The zero-order chi connectivity index (χ0) is 18.6. The van der Waals surface area contributed by atoms with E-state index in [1.807, 2.05) is 32.9 Å². The van der Waals surface area contributed by atoms with Crippen molar-refractivity contribution in [2.24, 2.45) is 17.8 Å². The smallest absolute Gasteiger partial charge is 0.245 e. The van der Waals surface area contributed by atoms with Crippen LogP contribution in [0.5, 0.6) is 0 Å². The number of likely N-dealkylation sites (tertiary alicyclic amines) is 1. The molecule has 0 aromatic rings. The van der Waals surface area contributed by atoms with Crippen molar-refractivity contribution < 1.29 is 14.4 Å². The predicted molar refractivity (Wildman–Crippen MR) is 97.6 cm³/mol. The van der Waals surface area contributed by atoms with Gasteiger partial charge in [-0.05, 0) is 38.5 Å². The van der Waals surface area contributed by atoms with Crippen LogP contribution in [0.1, 0.15) is 59.8 Å². The van der Waals surface area contributed by atoms with Crippen LogP contribution in [-0.2, 0) is 14.4 Å². The van der Waals surface area contributed by atoms with Gasteiger partial charge in [0.05, 0.1) is 11.8 Å². The molecule has 3 amide bonds. The zero-order valence-corrected chi connectivity index (χ0v) is 16.0. The highest BCUT2D eigenvalue weighted by molar-refractivity contribution is 6.08. The Labute approximate surface area is 151 Å². The Hall–Kier alpha value is -1.65. The van der Waals surface area contributed by atoms with E-state index < -0.39 is 6.04 Å². The molecule has 3 atom stereocenters. The number of amides is 3. The number of fused-ring (bicyclic) bond motifs is 1. The Balaban J connectivity index is 2.26. The summed E-state index contributed by atoms with van der Waals surface area (Å²) in [6.07, 6.45) is 7.67. The first-order chi connectivity index (χ1) is 11.9. The molecule has 1 saturated heterocycles. The van der Waals surface area contributed by atoms with Gasteiger partial charge in [-0.1, -0.05) is 39.3 Å². The molecule has 1 aliphatic carbocycles. The molecule has 0 saturated carbocycles. The van der Waals surface area contributed by atoms with Gasteiger partial charge < -0.3 is 4.90 Å². The van der Waals surface area contributed by atoms with E-state index in [1.54, 1.807) is 4.90 Å². The molecular weight excluding hydrogens is 316 g/mol. The quantitative estimate of drug-likeness (QED) is 0.500. The van der Waals surface area contributed by atoms with E-state index in [0.29, 0.717) is 32.4 Å². The number of likely N-dealkylation sites (N-methyl/N-ethyl adjacent to an activating group) is 1. The zero-order valence-electron chi connectivity index (χ0n) is 16.0. The summed E-state index contributed by atoms with van der Waals surface area (Å²) >= 11 is 0. The third-order valence-corrected chi connectivity index (χ3v) is 5.31. The van der Waals surface area contributed by atoms with Crippen LogP contribution >= 0.6 is 0 Å². The Morgan fingerprint density at radius 3 is 2.16 bits per heavy atom. The van der Waals surface area contributed by atoms with Gasteiger partial charge in [-0.25, -0.2) is 0 Å². The van der Waals surface area contributed by atoms with Gasteiger partial charge in [0.2, 0.25) is 17.7 Å². The van der Waals surface area contributed by atoms with Crippen LogP contribution < -0.4 is 0 Å². The highest BCUT2D eigenvalue weighted by atomic mass is 16.2. The molecule has 5 nitrogen and oxygen atoms in total. The summed E-state index contributed by atoms with van der Waals surface area (Å²) in [5.41, 5.74) is 0. The molecule has 2 rings (SSSR count). The SMILES string of the molecule is CCCCN(CC)C(=O)C(CC(C)C)N1C(=O)C2CC=CCC2C1=O. The predicted octanol–water partition coefficient (Wildman–Crippen LogP) is 3.00. The van der Waals surface area contributed by atoms with Crippen LogP contribution in [0.2, 0.25) is 0 Å². The fourth-order valence-electron chi connectivity index (χ4n) is 3.88. The molecule has 0 bridgehead atoms. The summed E-state index contributed by atoms with van der Waals surface area (Å²) in [4.78, 5) is 42.1. The number of carbonyl (C=O) groups is 3. The largest absolute Gasteiger partial charge is 0.341 e. The van der Waals surface area contributed by atoms with E-state index in [2.05, 4.69) is 6.92 Å². The van der Waals surface area contributed by atoms with Gasteiger partial charge in [0.15, 0.2) is 0 Å². The molecule has 25 heavy (non-hydrogen) atoms. The minimum Gasteiger partial charge on any atom is -0.341 e. The number of carbonyl (C=O) groups excluding carboxylic acids is 3. The molecule has 5 heteroatoms. The molecule has 140 valence electrons. The Kier molecular flexibility index (Phi) is 6.79. The maximum atomic E-state index is 13.2. The fourth-order valence-corrected chi connectivity index (χ4v) is 3.88. The number of rotatable bonds is 8. The average Bonchev–Trinajstić information content (AvgIpc) is 2.85. The first-order valence-electron chi connectivity index (χ1n) is 9.72. The van der Waals surface area contributed by atoms with E-state index in [4.69, 9.17) is 0 Å². The van der Waals surface area contributed by atoms with Crippen molar-refractivity contribution in [3.8, 4) is 0 Å². The number of hydrogen-bond donors (Lipinski definition) is 0. The van der Waals surface area contributed by atoms with Crippen LogP contribution in [0.25, 0.3) is 0 Å². The van der Waals surface area contributed by atoms with Crippen LogP contribution in [0, 0.1) is 17.8 Å². The normalized spacial score (nSPS) is 24.0. The molecule has 1 aliphatic heterocycles. The molecule has 0 radical (unpaired) electrons. The fraction of sp³-hybridized carbons (Fsp3) is 0.750. The lowest BCUT2D eigenvalue weighted by molar-refractivity contribution is -0.152. The van der Waals surface area contributed by atoms with Crippen molar-refractivity contribution in [3.63, 3.8) is 0 Å². The number of unbranched alkanes of at least 4 members (excludes halogenated alkanes) is 1. The molecule has 0 aromatic heterocycles. The number of nitrogens with zero attached hydrogens (tertiary/aromatic N) is 2. The van der Waals surface area contributed by atoms with Gasteiger partial charge in [-0.3, -0.25) is 19.3 Å². The van der Waals surface area contributed by atoms with Crippen LogP contribution in [-0.4, -0.2) is 46.7 Å². The second-order valence-corrected chi connectivity index (χ2v) is 7.62. The van der Waals surface area contributed by atoms with Crippen molar-refractivity contribution in [2.75, 3.05) is 13.1 Å². The Morgan fingerprint density at radius 1 is 1.16 bits per heavy atom. The van der Waals surface area contributed by atoms with E-state index in [-0.39, 0.29) is 35.5 Å². The number of hydrogen-bond acceptors (Lipinski definition) is 3. The van der Waals surface area contributed by atoms with E-state index in [9.17, 15) is 14.4 Å². The highest BCUT2D eigenvalue weighted by Gasteiger charge is 2.51. The standard InChI is InChI=1S/C20H32N2O3/c1-5-7-12-21(6-2)20(25)17(13-14(3)4)22-18(23)15-10-8-9-11-16(15)19(22)24/h8-9,14-17H,5-7,10-13H2,1-4H3. The molecule has 1 fully saturated rings. The molecule has 3 unspecified atom stereocenters. The second-order valence-electron chi connectivity index (χ2n) is 7.62. The van der Waals surface area contributed by atoms with Crippen LogP contribution in [0.4, 0.5) is 0 Å². The lowest BCUT2D eigenvalue weighted by Crippen LogP contribution is -2.52. The first-order valence-corrected chi connectivity index (χ1v) is 9.72. The van der Waals surface area contributed by atoms with Crippen molar-refractivity contribution in [2.45, 2.75) is 65.8 Å². The van der Waals surface area contributed by atoms with Crippen LogP contribution in [0.3, 0.4) is 0 Å². The van der Waals surface area contributed by atoms with Crippen molar-refractivity contribution in [1.82, 2.24) is 9.80 Å². The topological polar surface area (TPSA) is 57.7 Å². The minimum atomic E-state index is -0.651. The molecule has 0 N–H and O–H groups in total. The number of allylic oxidation sites excluding steroid dienone is 2. The van der Waals surface area contributed by atoms with Gasteiger partial charge in [-0.15, -0.1) is 0 Å². The summed E-state index contributed by atoms with van der Waals surface area (Å²) in [5, 5.41) is 0. The maximum absolute atomic E-state index is 13.2. The maximum Gasteiger partial charge on any atom is 0.245 e. The van der Waals surface area contributed by atoms with Crippen molar-refractivity contribution in [3.05, 3.63) is 12.2 Å². The van der Waals surface area contributed by atoms with Gasteiger partial charge in [-0.2, -0.15) is 0 Å². The van der Waals surface area contributed by atoms with Crippen molar-refractivity contribution >= 4 is 17.7 Å². The summed E-state index contributed by atoms with van der Waals surface area (Å²) in [5.74, 6) is -0.677. The van der Waals surface area contributed by atoms with Gasteiger partial charge in [0, 0.05) is 13.1 Å². The van der Waals surface area contributed by atoms with Crippen molar-refractivity contribution in [1.29, 1.82) is 0 Å². The first kappa shape index (κ1) is 19.7. The summed E-state index contributed by atoms with van der Waals surface area (Å²) in [7, 11) is 0. The van der Waals surface area contributed by atoms with E-state index in [1.165, 1.54) is 4.90 Å². The molecule has 2 aliphatic rings. The third kappa shape index (κ3) is 4.13. The minimum absolute atomic E-state index is 0.0713. The Morgan fingerprint density at radius 2 is 1.72 bits per heavy atom. The molecule has 0 aromatic carbocycles.